The molecule has 1 aliphatic rings. The first-order chi connectivity index (χ1) is 9.70. The van der Waals surface area contributed by atoms with Crippen LogP contribution >= 0.6 is 11.6 Å². The van der Waals surface area contributed by atoms with Gasteiger partial charge in [-0.15, -0.1) is 0 Å². The van der Waals surface area contributed by atoms with Gasteiger partial charge in [-0.25, -0.2) is 0 Å². The second-order valence-electron chi connectivity index (χ2n) is 5.32. The van der Waals surface area contributed by atoms with Gasteiger partial charge in [-0.3, -0.25) is 4.79 Å². The van der Waals surface area contributed by atoms with Gasteiger partial charge >= 0.3 is 0 Å². The highest BCUT2D eigenvalue weighted by Gasteiger charge is 2.25. The lowest BCUT2D eigenvalue weighted by molar-refractivity contribution is 0.292. The largest absolute Gasteiger partial charge is 0.383 e. The Bertz CT molecular complexity index is 617. The van der Waals surface area contributed by atoms with Crippen LogP contribution in [0.1, 0.15) is 30.1 Å². The molecule has 106 valence electrons. The Morgan fingerprint density at radius 2 is 2.10 bits per heavy atom. The summed E-state index contributed by atoms with van der Waals surface area (Å²) in [4.78, 5) is 11.2. The van der Waals surface area contributed by atoms with Crippen molar-refractivity contribution in [2.75, 3.05) is 6.54 Å². The van der Waals surface area contributed by atoms with Gasteiger partial charge in [0.25, 0.3) is 5.56 Å². The summed E-state index contributed by atoms with van der Waals surface area (Å²) >= 11 is 5.90. The maximum atomic E-state index is 11.2. The first-order valence-electron chi connectivity index (χ1n) is 6.87. The highest BCUT2D eigenvalue weighted by Crippen LogP contribution is 2.28. The van der Waals surface area contributed by atoms with E-state index in [1.165, 1.54) is 5.56 Å². The van der Waals surface area contributed by atoms with Gasteiger partial charge in [0.2, 0.25) is 0 Å². The van der Waals surface area contributed by atoms with E-state index in [1.807, 2.05) is 12.1 Å². The predicted molar refractivity (Wildman–Crippen MR) is 78.3 cm³/mol. The summed E-state index contributed by atoms with van der Waals surface area (Å²) in [5.41, 5.74) is 1.11. The molecule has 3 rings (SSSR count). The number of nitrogens with one attached hydrogen (secondary N) is 2. The number of piperidine rings is 1. The standard InChI is InChI=1S/C15H17ClN2O2/c16-12-3-1-10(2-4-12)7-13-8-11(5-6-17-13)14-9-15(19)18-20-14/h1-4,9,11,13,17H,5-8H2,(H,18,19). The molecule has 5 heteroatoms. The number of aromatic nitrogens is 1. The normalized spacial score (nSPS) is 22.9. The summed E-state index contributed by atoms with van der Waals surface area (Å²) in [7, 11) is 0. The van der Waals surface area contributed by atoms with Crippen LogP contribution in [0.15, 0.2) is 39.6 Å². The van der Waals surface area contributed by atoms with Crippen LogP contribution in [-0.4, -0.2) is 17.7 Å². The Labute approximate surface area is 122 Å². The summed E-state index contributed by atoms with van der Waals surface area (Å²) < 4.78 is 5.24. The Kier molecular flexibility index (Phi) is 3.94. The SMILES string of the molecule is O=c1cc(C2CCNC(Cc3ccc(Cl)cc3)C2)o[nH]1. The van der Waals surface area contributed by atoms with Crippen molar-refractivity contribution in [1.82, 2.24) is 10.5 Å². The summed E-state index contributed by atoms with van der Waals surface area (Å²) in [6.45, 7) is 0.942. The molecule has 1 aliphatic heterocycles. The molecule has 0 saturated carbocycles. The van der Waals surface area contributed by atoms with E-state index in [4.69, 9.17) is 16.1 Å². The van der Waals surface area contributed by atoms with Crippen LogP contribution in [-0.2, 0) is 6.42 Å². The first kappa shape index (κ1) is 13.5. The predicted octanol–water partition coefficient (Wildman–Crippen LogP) is 2.70. The van der Waals surface area contributed by atoms with Crippen LogP contribution in [0.5, 0.6) is 0 Å². The zero-order valence-corrected chi connectivity index (χ0v) is 11.8. The zero-order chi connectivity index (χ0) is 13.9. The van der Waals surface area contributed by atoms with Crippen LogP contribution < -0.4 is 10.9 Å². The minimum absolute atomic E-state index is 0.159. The number of aromatic amines is 1. The number of benzene rings is 1. The van der Waals surface area contributed by atoms with Gasteiger partial charge in [-0.05, 0) is 43.5 Å². The average molecular weight is 293 g/mol. The third-order valence-corrected chi connectivity index (χ3v) is 4.09. The molecule has 0 bridgehead atoms. The number of hydrogen-bond donors (Lipinski definition) is 2. The van der Waals surface area contributed by atoms with Crippen molar-refractivity contribution in [3.8, 4) is 0 Å². The topological polar surface area (TPSA) is 58.0 Å². The lowest BCUT2D eigenvalue weighted by atomic mass is 9.87. The van der Waals surface area contributed by atoms with Gasteiger partial charge in [0.05, 0.1) is 0 Å². The maximum absolute atomic E-state index is 11.2. The summed E-state index contributed by atoms with van der Waals surface area (Å²) in [6, 6.07) is 9.92. The number of hydrogen-bond acceptors (Lipinski definition) is 3. The smallest absolute Gasteiger partial charge is 0.280 e. The van der Waals surface area contributed by atoms with Crippen LogP contribution in [0, 0.1) is 0 Å². The fourth-order valence-corrected chi connectivity index (χ4v) is 2.95. The quantitative estimate of drug-likeness (QED) is 0.914. The van der Waals surface area contributed by atoms with E-state index in [1.54, 1.807) is 6.07 Å². The van der Waals surface area contributed by atoms with E-state index in [9.17, 15) is 4.79 Å². The summed E-state index contributed by atoms with van der Waals surface area (Å²) in [6.07, 6.45) is 2.93. The molecule has 1 fully saturated rings. The van der Waals surface area contributed by atoms with Gasteiger partial charge in [0, 0.05) is 23.0 Å². The molecule has 0 radical (unpaired) electrons. The van der Waals surface area contributed by atoms with Crippen molar-refractivity contribution >= 4 is 11.6 Å². The zero-order valence-electron chi connectivity index (χ0n) is 11.1. The lowest BCUT2D eigenvalue weighted by Gasteiger charge is -2.29. The number of halogens is 1. The molecule has 0 aliphatic carbocycles. The minimum Gasteiger partial charge on any atom is -0.383 e. The fraction of sp³-hybridized carbons (Fsp3) is 0.400. The summed E-state index contributed by atoms with van der Waals surface area (Å²) in [5, 5.41) is 6.66. The maximum Gasteiger partial charge on any atom is 0.280 e. The van der Waals surface area contributed by atoms with Crippen molar-refractivity contribution in [3.63, 3.8) is 0 Å². The second kappa shape index (κ2) is 5.85. The monoisotopic (exact) mass is 292 g/mol. The van der Waals surface area contributed by atoms with E-state index < -0.39 is 0 Å². The Morgan fingerprint density at radius 3 is 2.80 bits per heavy atom. The van der Waals surface area contributed by atoms with E-state index in [2.05, 4.69) is 22.6 Å². The van der Waals surface area contributed by atoms with Gasteiger partial charge < -0.3 is 9.84 Å². The van der Waals surface area contributed by atoms with Crippen LogP contribution in [0.4, 0.5) is 0 Å². The van der Waals surface area contributed by atoms with Crippen molar-refractivity contribution in [2.24, 2.45) is 0 Å². The van der Waals surface area contributed by atoms with Gasteiger partial charge in [0.1, 0.15) is 5.76 Å². The molecular weight excluding hydrogens is 276 g/mol. The van der Waals surface area contributed by atoms with Gasteiger partial charge in [-0.2, -0.15) is 5.16 Å². The first-order valence-corrected chi connectivity index (χ1v) is 7.25. The molecule has 20 heavy (non-hydrogen) atoms. The number of H-pyrrole nitrogens is 1. The van der Waals surface area contributed by atoms with Crippen LogP contribution in [0.2, 0.25) is 5.02 Å². The molecule has 4 nitrogen and oxygen atoms in total. The van der Waals surface area contributed by atoms with Crippen LogP contribution in [0.3, 0.4) is 0 Å². The molecule has 2 atom stereocenters. The van der Waals surface area contributed by atoms with Crippen molar-refractivity contribution in [2.45, 2.75) is 31.2 Å². The van der Waals surface area contributed by atoms with E-state index in [-0.39, 0.29) is 5.56 Å². The molecule has 0 spiro atoms. The highest BCUT2D eigenvalue weighted by molar-refractivity contribution is 6.30. The van der Waals surface area contributed by atoms with E-state index in [0.29, 0.717) is 12.0 Å². The third kappa shape index (κ3) is 3.14. The highest BCUT2D eigenvalue weighted by atomic mass is 35.5. The lowest BCUT2D eigenvalue weighted by Crippen LogP contribution is -2.38. The van der Waals surface area contributed by atoms with Gasteiger partial charge in [0.15, 0.2) is 0 Å². The minimum atomic E-state index is -0.159. The number of rotatable bonds is 3. The second-order valence-corrected chi connectivity index (χ2v) is 5.75. The van der Waals surface area contributed by atoms with Crippen molar-refractivity contribution in [3.05, 3.63) is 57.0 Å². The van der Waals surface area contributed by atoms with E-state index in [0.717, 1.165) is 36.6 Å². The Balaban J connectivity index is 1.66. The molecule has 2 aromatic rings. The molecule has 1 aromatic heterocycles. The molecule has 2 unspecified atom stereocenters. The van der Waals surface area contributed by atoms with Gasteiger partial charge in [-0.1, -0.05) is 23.7 Å². The molecule has 2 heterocycles. The molecule has 0 amide bonds. The fourth-order valence-electron chi connectivity index (χ4n) is 2.82. The Hall–Kier alpha value is -1.52. The molecule has 1 aromatic carbocycles. The average Bonchev–Trinajstić information content (AvgIpc) is 2.89. The van der Waals surface area contributed by atoms with Crippen LogP contribution in [0.25, 0.3) is 0 Å². The van der Waals surface area contributed by atoms with Crippen molar-refractivity contribution < 1.29 is 4.52 Å². The summed E-state index contributed by atoms with van der Waals surface area (Å²) in [5.74, 6) is 1.09. The third-order valence-electron chi connectivity index (χ3n) is 3.84. The molecule has 1 saturated heterocycles. The molecular formula is C15H17ClN2O2. The Morgan fingerprint density at radius 1 is 1.30 bits per heavy atom. The molecule has 2 N–H and O–H groups in total. The van der Waals surface area contributed by atoms with Crippen molar-refractivity contribution in [1.29, 1.82) is 0 Å². The van der Waals surface area contributed by atoms with E-state index >= 15 is 0 Å².